The smallest absolute Gasteiger partial charge is 0.317 e. The van der Waals surface area contributed by atoms with Gasteiger partial charge in [-0.3, -0.25) is 4.79 Å². The summed E-state index contributed by atoms with van der Waals surface area (Å²) < 4.78 is 0. The molecule has 2 unspecified atom stereocenters. The molecule has 1 aliphatic rings. The van der Waals surface area contributed by atoms with Gasteiger partial charge in [-0.15, -0.1) is 0 Å². The van der Waals surface area contributed by atoms with Gasteiger partial charge in [-0.25, -0.2) is 4.79 Å². The van der Waals surface area contributed by atoms with Crippen molar-refractivity contribution < 1.29 is 19.8 Å². The number of benzene rings is 1. The van der Waals surface area contributed by atoms with E-state index in [2.05, 4.69) is 5.32 Å². The molecule has 1 heterocycles. The van der Waals surface area contributed by atoms with Crippen LogP contribution >= 0.6 is 0 Å². The summed E-state index contributed by atoms with van der Waals surface area (Å²) in [4.78, 5) is 25.1. The second-order valence-electron chi connectivity index (χ2n) is 6.38. The molecule has 1 aliphatic heterocycles. The van der Waals surface area contributed by atoms with Gasteiger partial charge in [0, 0.05) is 32.2 Å². The number of urea groups is 1. The highest BCUT2D eigenvalue weighted by Crippen LogP contribution is 2.19. The van der Waals surface area contributed by atoms with Gasteiger partial charge in [0.25, 0.3) is 0 Å². The van der Waals surface area contributed by atoms with Crippen LogP contribution in [0.5, 0.6) is 0 Å². The lowest BCUT2D eigenvalue weighted by atomic mass is 10.0. The van der Waals surface area contributed by atoms with E-state index in [0.29, 0.717) is 31.8 Å². The van der Waals surface area contributed by atoms with E-state index in [0.717, 1.165) is 18.4 Å². The molecule has 2 rings (SSSR count). The number of carboxylic acids is 1. The standard InChI is InChI=1S/C18H26N2O4/c21-11-9-15-8-10-20(13-15)18(24)19-16(6-7-17(22)23)12-14-4-2-1-3-5-14/h1-5,15-16,21H,6-13H2,(H,19,24)(H,22,23). The van der Waals surface area contributed by atoms with E-state index in [-0.39, 0.29) is 25.1 Å². The normalized spacial score (nSPS) is 18.4. The number of aliphatic hydroxyl groups is 1. The van der Waals surface area contributed by atoms with Crippen molar-refractivity contribution in [2.24, 2.45) is 5.92 Å². The Morgan fingerprint density at radius 3 is 2.71 bits per heavy atom. The van der Waals surface area contributed by atoms with Crippen LogP contribution in [-0.2, 0) is 11.2 Å². The molecule has 0 aromatic heterocycles. The third-order valence-corrected chi connectivity index (χ3v) is 4.47. The minimum atomic E-state index is -0.855. The fraction of sp³-hybridized carbons (Fsp3) is 0.556. The number of likely N-dealkylation sites (tertiary alicyclic amines) is 1. The summed E-state index contributed by atoms with van der Waals surface area (Å²) >= 11 is 0. The zero-order valence-electron chi connectivity index (χ0n) is 13.9. The third kappa shape index (κ3) is 5.85. The van der Waals surface area contributed by atoms with Crippen molar-refractivity contribution in [3.8, 4) is 0 Å². The summed E-state index contributed by atoms with van der Waals surface area (Å²) in [5.41, 5.74) is 1.08. The van der Waals surface area contributed by atoms with Crippen molar-refractivity contribution in [2.75, 3.05) is 19.7 Å². The highest BCUT2D eigenvalue weighted by atomic mass is 16.4. The Bertz CT molecular complexity index is 535. The fourth-order valence-electron chi connectivity index (χ4n) is 3.12. The van der Waals surface area contributed by atoms with Crippen molar-refractivity contribution in [3.63, 3.8) is 0 Å². The number of aliphatic carboxylic acids is 1. The lowest BCUT2D eigenvalue weighted by Crippen LogP contribution is -2.45. The molecule has 0 spiro atoms. The van der Waals surface area contributed by atoms with Crippen molar-refractivity contribution in [1.82, 2.24) is 10.2 Å². The van der Waals surface area contributed by atoms with Gasteiger partial charge in [0.05, 0.1) is 0 Å². The van der Waals surface area contributed by atoms with Gasteiger partial charge >= 0.3 is 12.0 Å². The van der Waals surface area contributed by atoms with Gasteiger partial charge in [-0.1, -0.05) is 30.3 Å². The molecule has 2 atom stereocenters. The van der Waals surface area contributed by atoms with Crippen LogP contribution in [0, 0.1) is 5.92 Å². The Balaban J connectivity index is 1.91. The highest BCUT2D eigenvalue weighted by Gasteiger charge is 2.27. The first kappa shape index (κ1) is 18.3. The summed E-state index contributed by atoms with van der Waals surface area (Å²) in [7, 11) is 0. The summed E-state index contributed by atoms with van der Waals surface area (Å²) in [6, 6.07) is 9.42. The maximum absolute atomic E-state index is 12.4. The van der Waals surface area contributed by atoms with E-state index in [1.165, 1.54) is 0 Å². The molecule has 1 aromatic carbocycles. The molecule has 2 amide bonds. The van der Waals surface area contributed by atoms with Crippen LogP contribution in [0.1, 0.15) is 31.2 Å². The Morgan fingerprint density at radius 2 is 2.04 bits per heavy atom. The lowest BCUT2D eigenvalue weighted by Gasteiger charge is -2.23. The number of hydrogen-bond acceptors (Lipinski definition) is 3. The number of hydrogen-bond donors (Lipinski definition) is 3. The largest absolute Gasteiger partial charge is 0.481 e. The second kappa shape index (κ2) is 9.27. The number of aliphatic hydroxyl groups excluding tert-OH is 1. The molecule has 6 nitrogen and oxygen atoms in total. The molecular weight excluding hydrogens is 308 g/mol. The van der Waals surface area contributed by atoms with Crippen molar-refractivity contribution in [3.05, 3.63) is 35.9 Å². The molecule has 3 N–H and O–H groups in total. The van der Waals surface area contributed by atoms with Crippen LogP contribution in [-0.4, -0.2) is 52.9 Å². The second-order valence-corrected chi connectivity index (χ2v) is 6.38. The quantitative estimate of drug-likeness (QED) is 0.677. The van der Waals surface area contributed by atoms with Crippen LogP contribution in [0.25, 0.3) is 0 Å². The monoisotopic (exact) mass is 334 g/mol. The molecule has 1 saturated heterocycles. The molecule has 0 aliphatic carbocycles. The maximum Gasteiger partial charge on any atom is 0.317 e. The van der Waals surface area contributed by atoms with Crippen molar-refractivity contribution in [2.45, 2.75) is 38.1 Å². The minimum absolute atomic E-state index is 0.0327. The van der Waals surface area contributed by atoms with Gasteiger partial charge in [0.15, 0.2) is 0 Å². The molecule has 132 valence electrons. The van der Waals surface area contributed by atoms with E-state index in [9.17, 15) is 9.59 Å². The number of rotatable bonds is 8. The molecular formula is C18H26N2O4. The van der Waals surface area contributed by atoms with E-state index >= 15 is 0 Å². The van der Waals surface area contributed by atoms with E-state index < -0.39 is 5.97 Å². The Morgan fingerprint density at radius 1 is 1.29 bits per heavy atom. The average molecular weight is 334 g/mol. The lowest BCUT2D eigenvalue weighted by molar-refractivity contribution is -0.137. The topological polar surface area (TPSA) is 89.9 Å². The molecule has 24 heavy (non-hydrogen) atoms. The fourth-order valence-corrected chi connectivity index (χ4v) is 3.12. The average Bonchev–Trinajstić information content (AvgIpc) is 3.03. The van der Waals surface area contributed by atoms with Gasteiger partial charge in [-0.2, -0.15) is 0 Å². The van der Waals surface area contributed by atoms with Crippen molar-refractivity contribution >= 4 is 12.0 Å². The summed E-state index contributed by atoms with van der Waals surface area (Å²) in [5.74, 6) is -0.501. The van der Waals surface area contributed by atoms with Gasteiger partial charge in [0.2, 0.25) is 0 Å². The minimum Gasteiger partial charge on any atom is -0.481 e. The summed E-state index contributed by atoms with van der Waals surface area (Å²) in [6.07, 6.45) is 2.69. The zero-order valence-corrected chi connectivity index (χ0v) is 13.9. The maximum atomic E-state index is 12.4. The van der Waals surface area contributed by atoms with Crippen LogP contribution in [0.15, 0.2) is 30.3 Å². The predicted molar refractivity (Wildman–Crippen MR) is 90.7 cm³/mol. The number of carbonyl (C=O) groups is 2. The SMILES string of the molecule is O=C(O)CCC(Cc1ccccc1)NC(=O)N1CCC(CCO)C1. The number of nitrogens with one attached hydrogen (secondary N) is 1. The highest BCUT2D eigenvalue weighted by molar-refractivity contribution is 5.75. The number of carboxylic acid groups (broad SMARTS) is 1. The van der Waals surface area contributed by atoms with Gasteiger partial charge < -0.3 is 20.4 Å². The van der Waals surface area contributed by atoms with E-state index in [1.54, 1.807) is 4.90 Å². The van der Waals surface area contributed by atoms with Crippen LogP contribution in [0.4, 0.5) is 4.79 Å². The summed E-state index contributed by atoms with van der Waals surface area (Å²) in [6.45, 7) is 1.49. The number of amides is 2. The number of nitrogens with zero attached hydrogens (tertiary/aromatic N) is 1. The molecule has 0 bridgehead atoms. The first-order valence-corrected chi connectivity index (χ1v) is 8.50. The first-order valence-electron chi connectivity index (χ1n) is 8.50. The van der Waals surface area contributed by atoms with E-state index in [1.807, 2.05) is 30.3 Å². The predicted octanol–water partition coefficient (Wildman–Crippen LogP) is 1.88. The van der Waals surface area contributed by atoms with Crippen molar-refractivity contribution in [1.29, 1.82) is 0 Å². The Kier molecular flexibility index (Phi) is 7.06. The molecule has 1 aromatic rings. The Hall–Kier alpha value is -2.08. The van der Waals surface area contributed by atoms with Crippen LogP contribution in [0.2, 0.25) is 0 Å². The third-order valence-electron chi connectivity index (χ3n) is 4.47. The Labute approximate surface area is 142 Å². The summed E-state index contributed by atoms with van der Waals surface area (Å²) in [5, 5.41) is 20.9. The molecule has 0 radical (unpaired) electrons. The van der Waals surface area contributed by atoms with Gasteiger partial charge in [-0.05, 0) is 37.2 Å². The van der Waals surface area contributed by atoms with Crippen LogP contribution in [0.3, 0.4) is 0 Å². The molecule has 6 heteroatoms. The molecule has 1 fully saturated rings. The number of carbonyl (C=O) groups excluding carboxylic acids is 1. The zero-order chi connectivity index (χ0) is 17.4. The first-order chi connectivity index (χ1) is 11.6. The molecule has 0 saturated carbocycles. The van der Waals surface area contributed by atoms with Gasteiger partial charge in [0.1, 0.15) is 0 Å². The van der Waals surface area contributed by atoms with Crippen LogP contribution < -0.4 is 5.32 Å². The van der Waals surface area contributed by atoms with E-state index in [4.69, 9.17) is 10.2 Å².